The van der Waals surface area contributed by atoms with Gasteiger partial charge in [-0.05, 0) is 147 Å². The molecule has 0 radical (unpaired) electrons. The Labute approximate surface area is 359 Å². The molecule has 13 rings (SSSR count). The van der Waals surface area contributed by atoms with Gasteiger partial charge in [0.25, 0.3) is 0 Å². The third-order valence-electron chi connectivity index (χ3n) is 13.2. The molecule has 0 unspecified atom stereocenters. The van der Waals surface area contributed by atoms with Crippen LogP contribution in [-0.2, 0) is 0 Å². The summed E-state index contributed by atoms with van der Waals surface area (Å²) >= 11 is 0. The topological polar surface area (TPSA) is 15.3 Å². The second kappa shape index (κ2) is 12.8. The van der Waals surface area contributed by atoms with Gasteiger partial charge in [0, 0.05) is 77.2 Å². The van der Waals surface area contributed by atoms with E-state index in [-0.39, 0.29) is 0 Å². The van der Waals surface area contributed by atoms with Crippen LogP contribution in [0, 0.1) is 27.7 Å². The number of aromatic nitrogens is 2. The molecule has 0 aliphatic rings. The summed E-state index contributed by atoms with van der Waals surface area (Å²) in [4.78, 5) is 4.79. The minimum absolute atomic E-state index is 1.14. The quantitative estimate of drug-likeness (QED) is 0.167. The first kappa shape index (κ1) is 35.0. The van der Waals surface area contributed by atoms with E-state index in [9.17, 15) is 0 Å². The Morgan fingerprint density at radius 2 is 0.613 bits per heavy atom. The molecule has 0 saturated carbocycles. The van der Waals surface area contributed by atoms with Crippen molar-refractivity contribution in [3.63, 3.8) is 0 Å². The normalized spacial score (nSPS) is 12.2. The van der Waals surface area contributed by atoms with Crippen molar-refractivity contribution >= 4 is 110 Å². The van der Waals surface area contributed by atoms with Gasteiger partial charge < -0.3 is 18.6 Å². The SMILES string of the molecule is Cc1cc(C)cc(N(c2ccccc2)c2ccc3c(c2)c2cccc4c5cc6c(cc5n3c24)c2cccc3c4cc(N(c5ccccc5)c5cc(C)cc(C)c5)ccc4n6c32)c1. The molecule has 4 aromatic heterocycles. The van der Waals surface area contributed by atoms with E-state index in [1.807, 2.05) is 0 Å². The Morgan fingerprint density at radius 1 is 0.258 bits per heavy atom. The smallest absolute Gasteiger partial charge is 0.0620 e. The van der Waals surface area contributed by atoms with Gasteiger partial charge >= 0.3 is 0 Å². The Balaban J connectivity index is 1.03. The fraction of sp³-hybridized carbons (Fsp3) is 0.0690. The standard InChI is InChI=1S/C58H42N4/c1-35-25-36(2)28-43(27-35)59(39-13-7-5-8-14-39)41-21-23-53-49(31-41)45-17-11-19-47-51-34-56-52(33-55(51)61(53)57(45)47)48-20-12-18-46-50-32-42(22-24-54(50)62(56)58(46)48)60(40-15-9-6-10-16-40)44-29-37(3)26-38(4)30-44/h5-34H,1-4H3. The minimum atomic E-state index is 1.14. The molecule has 294 valence electrons. The Hall–Kier alpha value is -7.82. The van der Waals surface area contributed by atoms with Gasteiger partial charge in [0.05, 0.1) is 33.1 Å². The van der Waals surface area contributed by atoms with Crippen molar-refractivity contribution in [1.29, 1.82) is 0 Å². The number of aryl methyl sites for hydroxylation is 4. The minimum Gasteiger partial charge on any atom is -0.310 e. The number of fused-ring (bicyclic) bond motifs is 12. The van der Waals surface area contributed by atoms with Crippen LogP contribution in [0.1, 0.15) is 22.3 Å². The second-order valence-corrected chi connectivity index (χ2v) is 17.4. The van der Waals surface area contributed by atoms with E-state index in [1.54, 1.807) is 0 Å². The predicted octanol–water partition coefficient (Wildman–Crippen LogP) is 16.2. The average Bonchev–Trinajstić information content (AvgIpc) is 3.99. The zero-order chi connectivity index (χ0) is 41.4. The highest BCUT2D eigenvalue weighted by atomic mass is 15.1. The molecular weight excluding hydrogens is 753 g/mol. The van der Waals surface area contributed by atoms with Gasteiger partial charge in [-0.1, -0.05) is 84.9 Å². The van der Waals surface area contributed by atoms with Crippen molar-refractivity contribution in [1.82, 2.24) is 8.80 Å². The number of rotatable bonds is 6. The molecule has 0 bridgehead atoms. The Morgan fingerprint density at radius 3 is 0.984 bits per heavy atom. The molecule has 0 fully saturated rings. The first-order valence-electron chi connectivity index (χ1n) is 21.6. The zero-order valence-corrected chi connectivity index (χ0v) is 35.1. The van der Waals surface area contributed by atoms with Gasteiger partial charge in [-0.15, -0.1) is 0 Å². The van der Waals surface area contributed by atoms with Crippen molar-refractivity contribution < 1.29 is 0 Å². The molecule has 4 nitrogen and oxygen atoms in total. The number of anilines is 6. The molecule has 4 heteroatoms. The lowest BCUT2D eigenvalue weighted by Crippen LogP contribution is -2.10. The monoisotopic (exact) mass is 794 g/mol. The highest BCUT2D eigenvalue weighted by Gasteiger charge is 2.24. The van der Waals surface area contributed by atoms with Crippen molar-refractivity contribution in [3.8, 4) is 0 Å². The van der Waals surface area contributed by atoms with Crippen molar-refractivity contribution in [2.24, 2.45) is 0 Å². The summed E-state index contributed by atoms with van der Waals surface area (Å²) in [6.45, 7) is 8.73. The van der Waals surface area contributed by atoms with Crippen LogP contribution in [0.2, 0.25) is 0 Å². The van der Waals surface area contributed by atoms with Crippen LogP contribution in [0.4, 0.5) is 34.1 Å². The van der Waals surface area contributed by atoms with Gasteiger partial charge in [0.1, 0.15) is 0 Å². The largest absolute Gasteiger partial charge is 0.310 e. The summed E-state index contributed by atoms with van der Waals surface area (Å²) in [7, 11) is 0. The summed E-state index contributed by atoms with van der Waals surface area (Å²) in [5.74, 6) is 0. The number of nitrogens with zero attached hydrogens (tertiary/aromatic N) is 4. The Bertz CT molecular complexity index is 3610. The predicted molar refractivity (Wildman–Crippen MR) is 264 cm³/mol. The van der Waals surface area contributed by atoms with Crippen LogP contribution < -0.4 is 9.80 Å². The van der Waals surface area contributed by atoms with Crippen LogP contribution in [0.15, 0.2) is 182 Å². The zero-order valence-electron chi connectivity index (χ0n) is 35.1. The number of hydrogen-bond donors (Lipinski definition) is 0. The maximum Gasteiger partial charge on any atom is 0.0620 e. The molecule has 62 heavy (non-hydrogen) atoms. The first-order chi connectivity index (χ1) is 30.4. The number of benzene rings is 9. The van der Waals surface area contributed by atoms with Crippen LogP contribution >= 0.6 is 0 Å². The van der Waals surface area contributed by atoms with Crippen molar-refractivity contribution in [2.75, 3.05) is 9.80 Å². The molecule has 0 saturated heterocycles. The molecule has 9 aromatic carbocycles. The van der Waals surface area contributed by atoms with Crippen LogP contribution in [0.25, 0.3) is 76.2 Å². The molecule has 0 aliphatic carbocycles. The third-order valence-corrected chi connectivity index (χ3v) is 13.2. The van der Waals surface area contributed by atoms with Gasteiger partial charge in [-0.25, -0.2) is 0 Å². The van der Waals surface area contributed by atoms with Crippen molar-refractivity contribution in [3.05, 3.63) is 204 Å². The van der Waals surface area contributed by atoms with Crippen LogP contribution in [0.3, 0.4) is 0 Å². The lowest BCUT2D eigenvalue weighted by molar-refractivity contribution is 1.25. The van der Waals surface area contributed by atoms with Gasteiger partial charge in [0.15, 0.2) is 0 Å². The summed E-state index contributed by atoms with van der Waals surface area (Å²) in [6.07, 6.45) is 0. The molecule has 0 aliphatic heterocycles. The second-order valence-electron chi connectivity index (χ2n) is 17.4. The van der Waals surface area contributed by atoms with E-state index in [0.717, 1.165) is 22.7 Å². The van der Waals surface area contributed by atoms with E-state index in [4.69, 9.17) is 0 Å². The van der Waals surface area contributed by atoms with Gasteiger partial charge in [0.2, 0.25) is 0 Å². The lowest BCUT2D eigenvalue weighted by Gasteiger charge is -2.26. The van der Waals surface area contributed by atoms with E-state index < -0.39 is 0 Å². The molecule has 4 heterocycles. The highest BCUT2D eigenvalue weighted by Crippen LogP contribution is 2.47. The van der Waals surface area contributed by atoms with Crippen molar-refractivity contribution in [2.45, 2.75) is 27.7 Å². The van der Waals surface area contributed by atoms with Gasteiger partial charge in [-0.2, -0.15) is 0 Å². The summed E-state index contributed by atoms with van der Waals surface area (Å²) < 4.78 is 5.04. The van der Waals surface area contributed by atoms with Crippen LogP contribution in [-0.4, -0.2) is 8.80 Å². The highest BCUT2D eigenvalue weighted by molar-refractivity contribution is 6.29. The Kier molecular flexibility index (Phi) is 7.25. The summed E-state index contributed by atoms with van der Waals surface area (Å²) in [5, 5.41) is 10.2. The van der Waals surface area contributed by atoms with E-state index in [1.165, 1.54) is 110 Å². The number of hydrogen-bond acceptors (Lipinski definition) is 2. The molecular formula is C58H42N4. The maximum atomic E-state index is 2.52. The average molecular weight is 795 g/mol. The molecule has 0 atom stereocenters. The fourth-order valence-electron chi connectivity index (χ4n) is 10.9. The third kappa shape index (κ3) is 4.95. The maximum absolute atomic E-state index is 2.52. The molecule has 0 amide bonds. The molecule has 0 spiro atoms. The van der Waals surface area contributed by atoms with Gasteiger partial charge in [-0.3, -0.25) is 0 Å². The van der Waals surface area contributed by atoms with E-state index in [2.05, 4.69) is 228 Å². The molecule has 13 aromatic rings. The fourth-order valence-corrected chi connectivity index (χ4v) is 10.9. The van der Waals surface area contributed by atoms with E-state index in [0.29, 0.717) is 0 Å². The number of para-hydroxylation sites is 4. The van der Waals surface area contributed by atoms with E-state index >= 15 is 0 Å². The van der Waals surface area contributed by atoms with Crippen LogP contribution in [0.5, 0.6) is 0 Å². The summed E-state index contributed by atoms with van der Waals surface area (Å²) in [5.41, 5.74) is 19.4. The summed E-state index contributed by atoms with van der Waals surface area (Å²) in [6, 6.07) is 67.8. The lowest BCUT2D eigenvalue weighted by atomic mass is 10.0. The molecule has 0 N–H and O–H groups in total. The first-order valence-corrected chi connectivity index (χ1v) is 21.6.